The van der Waals surface area contributed by atoms with Crippen LogP contribution in [0.15, 0.2) is 85.5 Å². The summed E-state index contributed by atoms with van der Waals surface area (Å²) in [5.74, 6) is -1.07. The van der Waals surface area contributed by atoms with Gasteiger partial charge in [0.25, 0.3) is 11.6 Å². The predicted molar refractivity (Wildman–Crippen MR) is 131 cm³/mol. The number of hydrogen-bond acceptors (Lipinski definition) is 7. The Bertz CT molecular complexity index is 1180. The lowest BCUT2D eigenvalue weighted by Crippen LogP contribution is -2.48. The van der Waals surface area contributed by atoms with Gasteiger partial charge in [-0.05, 0) is 41.8 Å². The molecule has 9 nitrogen and oxygen atoms in total. The van der Waals surface area contributed by atoms with Crippen LogP contribution in [0.3, 0.4) is 0 Å². The zero-order valence-corrected chi connectivity index (χ0v) is 20.5. The molecule has 2 aliphatic rings. The highest BCUT2D eigenvalue weighted by atomic mass is 79.9. The quantitative estimate of drug-likeness (QED) is 0.285. The van der Waals surface area contributed by atoms with Crippen LogP contribution in [0, 0.1) is 10.1 Å². The minimum Gasteiger partial charge on any atom is -0.385 e. The number of fused-ring (bicyclic) bond motifs is 1. The van der Waals surface area contributed by atoms with E-state index in [0.717, 1.165) is 20.9 Å². The monoisotopic (exact) mass is 574 g/mol. The molecule has 4 N–H and O–H groups in total. The van der Waals surface area contributed by atoms with Crippen LogP contribution in [-0.2, 0) is 4.79 Å². The number of allylic oxidation sites excluding steroid dienone is 1. The number of nitrogens with zero attached hydrogens (tertiary/aromatic N) is 3. The fraction of sp³-hybridized carbons (Fsp3) is 0.182. The topological polar surface area (TPSA) is 126 Å². The van der Waals surface area contributed by atoms with Crippen molar-refractivity contribution in [3.05, 3.63) is 102 Å². The van der Waals surface area contributed by atoms with Crippen molar-refractivity contribution in [2.75, 3.05) is 13.1 Å². The first kappa shape index (κ1) is 23.0. The molecule has 0 aromatic heterocycles. The molecule has 33 heavy (non-hydrogen) atoms. The number of hydrazone groups is 1. The molecule has 2 aromatic rings. The molecule has 2 heterocycles. The first-order chi connectivity index (χ1) is 15.9. The molecule has 1 amide bonds. The second kappa shape index (κ2) is 9.75. The minimum absolute atomic E-state index is 0.0874. The summed E-state index contributed by atoms with van der Waals surface area (Å²) in [6.45, 7) is 1.06. The number of carbonyl (C=O) groups is 1. The zero-order valence-electron chi connectivity index (χ0n) is 17.3. The lowest BCUT2D eigenvalue weighted by molar-refractivity contribution is -0.432. The molecule has 0 bridgehead atoms. The molecule has 1 saturated heterocycles. The first-order valence-electron chi connectivity index (χ1n) is 10.1. The third-order valence-electron chi connectivity index (χ3n) is 5.39. The van der Waals surface area contributed by atoms with E-state index in [1.165, 1.54) is 6.21 Å². The standard InChI is InChI=1S/C22H20Br2N6O3/c23-15-6-2-13(3-7-15)12-27-28-22(31)18-17(14-4-8-16(24)9-5-14)19(30(32)33)21-26-10-1-11-29(21)20(18)25/h2-9,12,17,26H,1,10-11,25H2,(H,28,31)/b27-12+. The summed E-state index contributed by atoms with van der Waals surface area (Å²) in [5, 5.41) is 19.3. The van der Waals surface area contributed by atoms with Gasteiger partial charge in [-0.2, -0.15) is 5.10 Å². The summed E-state index contributed by atoms with van der Waals surface area (Å²) < 4.78 is 1.74. The summed E-state index contributed by atoms with van der Waals surface area (Å²) in [5.41, 5.74) is 10.3. The van der Waals surface area contributed by atoms with E-state index < -0.39 is 16.7 Å². The molecule has 1 fully saturated rings. The van der Waals surface area contributed by atoms with Gasteiger partial charge in [0.1, 0.15) is 11.7 Å². The Morgan fingerprint density at radius 3 is 2.45 bits per heavy atom. The number of nitrogens with one attached hydrogen (secondary N) is 2. The van der Waals surface area contributed by atoms with E-state index in [1.54, 1.807) is 29.2 Å². The predicted octanol–water partition coefficient (Wildman–Crippen LogP) is 3.37. The maximum atomic E-state index is 13.3. The molecule has 11 heteroatoms. The molecule has 0 radical (unpaired) electrons. The van der Waals surface area contributed by atoms with Crippen LogP contribution in [0.2, 0.25) is 0 Å². The van der Waals surface area contributed by atoms with Gasteiger partial charge in [-0.3, -0.25) is 14.9 Å². The highest BCUT2D eigenvalue weighted by Gasteiger charge is 2.45. The Labute approximate surface area is 206 Å². The van der Waals surface area contributed by atoms with E-state index in [2.05, 4.69) is 47.7 Å². The molecule has 2 aliphatic heterocycles. The lowest BCUT2D eigenvalue weighted by atomic mass is 9.84. The first-order valence-corrected chi connectivity index (χ1v) is 11.7. The number of rotatable bonds is 5. The van der Waals surface area contributed by atoms with Gasteiger partial charge < -0.3 is 16.0 Å². The third-order valence-corrected chi connectivity index (χ3v) is 6.44. The highest BCUT2D eigenvalue weighted by Crippen LogP contribution is 2.41. The number of carbonyl (C=O) groups excluding carboxylic acids is 1. The maximum Gasteiger partial charge on any atom is 0.298 e. The molecule has 0 aliphatic carbocycles. The minimum atomic E-state index is -0.965. The third kappa shape index (κ3) is 4.79. The number of nitrogens with two attached hydrogens (primary N) is 1. The summed E-state index contributed by atoms with van der Waals surface area (Å²) in [6.07, 6.45) is 2.23. The average molecular weight is 576 g/mol. The van der Waals surface area contributed by atoms with Gasteiger partial charge in [0.15, 0.2) is 5.82 Å². The molecule has 170 valence electrons. The van der Waals surface area contributed by atoms with Crippen molar-refractivity contribution < 1.29 is 9.72 Å². The van der Waals surface area contributed by atoms with Crippen LogP contribution in [0.25, 0.3) is 0 Å². The molecule has 0 saturated carbocycles. The van der Waals surface area contributed by atoms with Crippen molar-refractivity contribution in [1.82, 2.24) is 15.6 Å². The number of hydrogen-bond donors (Lipinski definition) is 3. The van der Waals surface area contributed by atoms with E-state index in [1.807, 2.05) is 24.3 Å². The van der Waals surface area contributed by atoms with Gasteiger partial charge in [0.2, 0.25) is 0 Å². The van der Waals surface area contributed by atoms with Gasteiger partial charge in [-0.15, -0.1) is 0 Å². The van der Waals surface area contributed by atoms with Crippen LogP contribution >= 0.6 is 31.9 Å². The summed E-state index contributed by atoms with van der Waals surface area (Å²) in [6, 6.07) is 14.4. The van der Waals surface area contributed by atoms with E-state index in [0.29, 0.717) is 24.5 Å². The molecular formula is C22H20Br2N6O3. The van der Waals surface area contributed by atoms with Crippen molar-refractivity contribution in [2.45, 2.75) is 12.3 Å². The Kier molecular flexibility index (Phi) is 6.80. The molecule has 1 unspecified atom stereocenters. The van der Waals surface area contributed by atoms with Gasteiger partial charge in [-0.25, -0.2) is 5.43 Å². The number of halogens is 2. The van der Waals surface area contributed by atoms with E-state index >= 15 is 0 Å². The fourth-order valence-corrected chi connectivity index (χ4v) is 4.41. The second-order valence-corrected chi connectivity index (χ2v) is 9.29. The Balaban J connectivity index is 1.73. The maximum absolute atomic E-state index is 13.3. The average Bonchev–Trinajstić information content (AvgIpc) is 2.80. The van der Waals surface area contributed by atoms with Gasteiger partial charge in [-0.1, -0.05) is 56.1 Å². The fourth-order valence-electron chi connectivity index (χ4n) is 3.88. The van der Waals surface area contributed by atoms with Crippen LogP contribution in [0.5, 0.6) is 0 Å². The zero-order chi connectivity index (χ0) is 23.5. The Hall–Kier alpha value is -3.18. The van der Waals surface area contributed by atoms with Gasteiger partial charge in [0, 0.05) is 22.0 Å². The molecule has 0 spiro atoms. The Morgan fingerprint density at radius 1 is 1.18 bits per heavy atom. The highest BCUT2D eigenvalue weighted by molar-refractivity contribution is 9.10. The summed E-state index contributed by atoms with van der Waals surface area (Å²) >= 11 is 6.75. The van der Waals surface area contributed by atoms with Gasteiger partial charge >= 0.3 is 0 Å². The van der Waals surface area contributed by atoms with Crippen molar-refractivity contribution in [3.63, 3.8) is 0 Å². The largest absolute Gasteiger partial charge is 0.385 e. The SMILES string of the molecule is NC1=C(C(=O)N/N=C/c2ccc(Br)cc2)C(c2ccc(Br)cc2)C([N+](=O)[O-])=C2NCCCN12. The number of nitro groups is 1. The number of amides is 1. The molecule has 2 aromatic carbocycles. The second-order valence-electron chi connectivity index (χ2n) is 7.46. The van der Waals surface area contributed by atoms with Crippen molar-refractivity contribution >= 4 is 44.0 Å². The van der Waals surface area contributed by atoms with E-state index in [4.69, 9.17) is 5.73 Å². The number of benzene rings is 2. The molecule has 1 atom stereocenters. The lowest BCUT2D eigenvalue weighted by Gasteiger charge is -2.38. The van der Waals surface area contributed by atoms with Gasteiger partial charge in [0.05, 0.1) is 16.7 Å². The smallest absolute Gasteiger partial charge is 0.298 e. The van der Waals surface area contributed by atoms with Crippen molar-refractivity contribution in [1.29, 1.82) is 0 Å². The van der Waals surface area contributed by atoms with Crippen molar-refractivity contribution in [3.8, 4) is 0 Å². The van der Waals surface area contributed by atoms with Crippen LogP contribution in [0.4, 0.5) is 0 Å². The molecule has 4 rings (SSSR count). The Morgan fingerprint density at radius 2 is 1.82 bits per heavy atom. The van der Waals surface area contributed by atoms with Crippen LogP contribution in [0.1, 0.15) is 23.5 Å². The van der Waals surface area contributed by atoms with Crippen LogP contribution < -0.4 is 16.5 Å². The molecular weight excluding hydrogens is 556 g/mol. The van der Waals surface area contributed by atoms with Crippen LogP contribution in [-0.4, -0.2) is 35.0 Å². The summed E-state index contributed by atoms with van der Waals surface area (Å²) in [4.78, 5) is 26.6. The van der Waals surface area contributed by atoms with E-state index in [-0.39, 0.29) is 17.1 Å². The normalized spacial score (nSPS) is 18.2. The van der Waals surface area contributed by atoms with Crippen molar-refractivity contribution in [2.24, 2.45) is 10.8 Å². The summed E-state index contributed by atoms with van der Waals surface area (Å²) in [7, 11) is 0. The van der Waals surface area contributed by atoms with E-state index in [9.17, 15) is 14.9 Å².